The lowest BCUT2D eigenvalue weighted by molar-refractivity contribution is -0.124. The number of imidazole rings is 1. The van der Waals surface area contributed by atoms with E-state index in [0.717, 1.165) is 36.3 Å². The molecule has 3 atom stereocenters. The largest absolute Gasteiger partial charge is 0.378 e. The molecule has 0 bridgehead atoms. The molecule has 2 aliphatic rings. The van der Waals surface area contributed by atoms with Crippen molar-refractivity contribution in [3.63, 3.8) is 0 Å². The third-order valence-corrected chi connectivity index (χ3v) is 5.43. The van der Waals surface area contributed by atoms with Gasteiger partial charge >= 0.3 is 0 Å². The van der Waals surface area contributed by atoms with Crippen LogP contribution in [0.1, 0.15) is 36.2 Å². The standard InChI is InChI=1S/C18H23N3O2/c1-10-3-4-13-18(11(10)2)21-16(19-13)5-6-17(22)20-14-9-15-12(14)7-8-23-15/h3-4,12,14-15H,5-9H2,1-2H3,(H,19,21)(H,20,22)/t12-,14+,15+/m0/s1. The number of carbonyl (C=O) groups is 1. The molecule has 1 aromatic heterocycles. The van der Waals surface area contributed by atoms with Gasteiger partial charge in [-0.25, -0.2) is 4.98 Å². The minimum absolute atomic E-state index is 0.119. The zero-order valence-corrected chi connectivity index (χ0v) is 13.7. The van der Waals surface area contributed by atoms with Gasteiger partial charge in [0, 0.05) is 31.4 Å². The Morgan fingerprint density at radius 2 is 2.30 bits per heavy atom. The number of aromatic amines is 1. The molecule has 0 radical (unpaired) electrons. The minimum atomic E-state index is 0.119. The number of amides is 1. The van der Waals surface area contributed by atoms with Gasteiger partial charge in [0.1, 0.15) is 5.82 Å². The number of hydrogen-bond donors (Lipinski definition) is 2. The fourth-order valence-electron chi connectivity index (χ4n) is 3.76. The Kier molecular flexibility index (Phi) is 3.60. The summed E-state index contributed by atoms with van der Waals surface area (Å²) in [5.74, 6) is 1.55. The van der Waals surface area contributed by atoms with Crippen molar-refractivity contribution in [2.24, 2.45) is 5.92 Å². The van der Waals surface area contributed by atoms with Crippen LogP contribution in [0.15, 0.2) is 12.1 Å². The van der Waals surface area contributed by atoms with Crippen LogP contribution in [0, 0.1) is 19.8 Å². The van der Waals surface area contributed by atoms with E-state index in [0.29, 0.717) is 30.9 Å². The molecule has 2 heterocycles. The van der Waals surface area contributed by atoms with Crippen LogP contribution in [0.3, 0.4) is 0 Å². The Balaban J connectivity index is 1.35. The molecule has 0 unspecified atom stereocenters. The molecule has 5 nitrogen and oxygen atoms in total. The summed E-state index contributed by atoms with van der Waals surface area (Å²) in [6, 6.07) is 4.47. The quantitative estimate of drug-likeness (QED) is 0.911. The van der Waals surface area contributed by atoms with Crippen LogP contribution < -0.4 is 5.32 Å². The van der Waals surface area contributed by atoms with E-state index in [1.165, 1.54) is 11.1 Å². The normalized spacial score (nSPS) is 26.1. The lowest BCUT2D eigenvalue weighted by Gasteiger charge is -2.39. The Morgan fingerprint density at radius 1 is 1.43 bits per heavy atom. The Hall–Kier alpha value is -1.88. The number of hydrogen-bond acceptors (Lipinski definition) is 3. The summed E-state index contributed by atoms with van der Waals surface area (Å²) in [7, 11) is 0. The molecule has 1 aliphatic heterocycles. The van der Waals surface area contributed by atoms with Crippen LogP contribution in [0.2, 0.25) is 0 Å². The summed E-state index contributed by atoms with van der Waals surface area (Å²) < 4.78 is 5.58. The number of nitrogens with one attached hydrogen (secondary N) is 2. The highest BCUT2D eigenvalue weighted by atomic mass is 16.5. The second-order valence-electron chi connectivity index (χ2n) is 6.86. The first-order valence-electron chi connectivity index (χ1n) is 8.47. The van der Waals surface area contributed by atoms with Crippen molar-refractivity contribution in [2.75, 3.05) is 6.61 Å². The molecule has 23 heavy (non-hydrogen) atoms. The molecular formula is C18H23N3O2. The Morgan fingerprint density at radius 3 is 3.13 bits per heavy atom. The molecule has 0 spiro atoms. The van der Waals surface area contributed by atoms with Crippen molar-refractivity contribution < 1.29 is 9.53 Å². The lowest BCUT2D eigenvalue weighted by atomic mass is 9.76. The van der Waals surface area contributed by atoms with E-state index >= 15 is 0 Å². The third-order valence-electron chi connectivity index (χ3n) is 5.43. The molecular weight excluding hydrogens is 290 g/mol. The minimum Gasteiger partial charge on any atom is -0.378 e. The van der Waals surface area contributed by atoms with Gasteiger partial charge in [-0.15, -0.1) is 0 Å². The van der Waals surface area contributed by atoms with Crippen molar-refractivity contribution in [2.45, 2.75) is 51.7 Å². The van der Waals surface area contributed by atoms with Crippen LogP contribution in [0.5, 0.6) is 0 Å². The first-order valence-corrected chi connectivity index (χ1v) is 8.47. The van der Waals surface area contributed by atoms with Crippen molar-refractivity contribution in [3.05, 3.63) is 29.1 Å². The highest BCUT2D eigenvalue weighted by Gasteiger charge is 2.45. The van der Waals surface area contributed by atoms with Crippen molar-refractivity contribution in [1.82, 2.24) is 15.3 Å². The second-order valence-corrected chi connectivity index (χ2v) is 6.86. The van der Waals surface area contributed by atoms with Gasteiger partial charge in [-0.1, -0.05) is 6.07 Å². The van der Waals surface area contributed by atoms with E-state index in [4.69, 9.17) is 4.74 Å². The molecule has 1 aliphatic carbocycles. The smallest absolute Gasteiger partial charge is 0.220 e. The molecule has 2 fully saturated rings. The monoisotopic (exact) mass is 313 g/mol. The van der Waals surface area contributed by atoms with Crippen LogP contribution in [0.4, 0.5) is 0 Å². The SMILES string of the molecule is Cc1ccc2[nH]c(CCC(=O)N[C@@H]3C[C@H]4OCC[C@@H]34)nc2c1C. The second kappa shape index (κ2) is 5.64. The number of aromatic nitrogens is 2. The van der Waals surface area contributed by atoms with Crippen molar-refractivity contribution >= 4 is 16.9 Å². The molecule has 4 rings (SSSR count). The molecule has 5 heteroatoms. The topological polar surface area (TPSA) is 67.0 Å². The van der Waals surface area contributed by atoms with Gasteiger partial charge in [-0.3, -0.25) is 4.79 Å². The maximum atomic E-state index is 12.2. The highest BCUT2D eigenvalue weighted by molar-refractivity contribution is 5.80. The first kappa shape index (κ1) is 14.7. The van der Waals surface area contributed by atoms with Gasteiger partial charge in [0.25, 0.3) is 0 Å². The van der Waals surface area contributed by atoms with E-state index < -0.39 is 0 Å². The summed E-state index contributed by atoms with van der Waals surface area (Å²) in [6.45, 7) is 5.03. The summed E-state index contributed by atoms with van der Waals surface area (Å²) in [5, 5.41) is 3.15. The molecule has 2 N–H and O–H groups in total. The zero-order chi connectivity index (χ0) is 16.0. The highest BCUT2D eigenvalue weighted by Crippen LogP contribution is 2.38. The fraction of sp³-hybridized carbons (Fsp3) is 0.556. The molecule has 1 aromatic carbocycles. The first-order chi connectivity index (χ1) is 11.1. The van der Waals surface area contributed by atoms with Gasteiger partial charge in [-0.05, 0) is 43.9 Å². The summed E-state index contributed by atoms with van der Waals surface area (Å²) in [6.07, 6.45) is 3.57. The molecule has 2 aromatic rings. The van der Waals surface area contributed by atoms with Gasteiger partial charge in [0.2, 0.25) is 5.91 Å². The van der Waals surface area contributed by atoms with Crippen molar-refractivity contribution in [1.29, 1.82) is 0 Å². The molecule has 122 valence electrons. The predicted octanol–water partition coefficient (Wildman–Crippen LogP) is 2.41. The average molecular weight is 313 g/mol. The van der Waals surface area contributed by atoms with Crippen LogP contribution in [-0.2, 0) is 16.0 Å². The zero-order valence-electron chi connectivity index (χ0n) is 13.7. The number of nitrogens with zero attached hydrogens (tertiary/aromatic N) is 1. The molecule has 1 amide bonds. The maximum Gasteiger partial charge on any atom is 0.220 e. The number of ether oxygens (including phenoxy) is 1. The lowest BCUT2D eigenvalue weighted by Crippen LogP contribution is -2.53. The number of benzene rings is 1. The van der Waals surface area contributed by atoms with Crippen LogP contribution in [-0.4, -0.2) is 34.6 Å². The number of fused-ring (bicyclic) bond motifs is 2. The number of rotatable bonds is 4. The van der Waals surface area contributed by atoms with Crippen LogP contribution in [0.25, 0.3) is 11.0 Å². The average Bonchev–Trinajstić information content (AvgIpc) is 3.10. The van der Waals surface area contributed by atoms with E-state index in [1.54, 1.807) is 0 Å². The summed E-state index contributed by atoms with van der Waals surface area (Å²) in [4.78, 5) is 20.1. The molecule has 1 saturated heterocycles. The summed E-state index contributed by atoms with van der Waals surface area (Å²) in [5.41, 5.74) is 4.52. The number of carbonyl (C=O) groups excluding carboxylic acids is 1. The third kappa shape index (κ3) is 2.63. The molecule has 1 saturated carbocycles. The van der Waals surface area contributed by atoms with Gasteiger partial charge in [0.15, 0.2) is 0 Å². The number of H-pyrrole nitrogens is 1. The van der Waals surface area contributed by atoms with Crippen molar-refractivity contribution in [3.8, 4) is 0 Å². The summed E-state index contributed by atoms with van der Waals surface area (Å²) >= 11 is 0. The fourth-order valence-corrected chi connectivity index (χ4v) is 3.76. The van der Waals surface area contributed by atoms with E-state index in [9.17, 15) is 4.79 Å². The predicted molar refractivity (Wildman–Crippen MR) is 88.3 cm³/mol. The van der Waals surface area contributed by atoms with Gasteiger partial charge in [-0.2, -0.15) is 0 Å². The Bertz CT molecular complexity index is 752. The number of aryl methyl sites for hydroxylation is 3. The van der Waals surface area contributed by atoms with Gasteiger partial charge < -0.3 is 15.0 Å². The van der Waals surface area contributed by atoms with Gasteiger partial charge in [0.05, 0.1) is 17.1 Å². The van der Waals surface area contributed by atoms with E-state index in [1.807, 2.05) is 0 Å². The van der Waals surface area contributed by atoms with E-state index in [2.05, 4.69) is 41.3 Å². The maximum absolute atomic E-state index is 12.2. The van der Waals surface area contributed by atoms with Crippen LogP contribution >= 0.6 is 0 Å². The Labute approximate surface area is 135 Å². The van der Waals surface area contributed by atoms with E-state index in [-0.39, 0.29) is 5.91 Å².